The van der Waals surface area contributed by atoms with Gasteiger partial charge in [0.25, 0.3) is 0 Å². The molecule has 0 aliphatic rings. The molecule has 0 atom stereocenters. The third kappa shape index (κ3) is 3.27. The van der Waals surface area contributed by atoms with Crippen LogP contribution in [0.3, 0.4) is 0 Å². The first-order valence-electron chi connectivity index (χ1n) is 6.84. The van der Waals surface area contributed by atoms with Gasteiger partial charge in [-0.3, -0.25) is 4.79 Å². The molecule has 0 spiro atoms. The third-order valence-corrected chi connectivity index (χ3v) is 3.54. The van der Waals surface area contributed by atoms with Crippen LogP contribution >= 0.6 is 0 Å². The van der Waals surface area contributed by atoms with E-state index in [2.05, 4.69) is 19.1 Å². The van der Waals surface area contributed by atoms with Gasteiger partial charge in [0.15, 0.2) is 5.78 Å². The molecule has 0 heterocycles. The van der Waals surface area contributed by atoms with Crippen LogP contribution in [-0.4, -0.2) is 12.9 Å². The molecule has 0 N–H and O–H groups in total. The number of ether oxygens (including phenoxy) is 1. The third-order valence-electron chi connectivity index (χ3n) is 3.54. The fourth-order valence-electron chi connectivity index (χ4n) is 2.31. The monoisotopic (exact) mass is 268 g/mol. The molecule has 0 saturated carbocycles. The minimum Gasteiger partial charge on any atom is -0.496 e. The summed E-state index contributed by atoms with van der Waals surface area (Å²) in [4.78, 5) is 12.4. The lowest BCUT2D eigenvalue weighted by molar-refractivity contribution is 0.0980. The number of methoxy groups -OCH3 is 1. The Morgan fingerprint density at radius 2 is 1.85 bits per heavy atom. The van der Waals surface area contributed by atoms with Crippen molar-refractivity contribution in [2.24, 2.45) is 0 Å². The first-order chi connectivity index (χ1) is 9.61. The fourth-order valence-corrected chi connectivity index (χ4v) is 2.31. The molecule has 20 heavy (non-hydrogen) atoms. The number of rotatable bonds is 5. The Balaban J connectivity index is 2.13. The smallest absolute Gasteiger partial charge is 0.166 e. The van der Waals surface area contributed by atoms with Crippen molar-refractivity contribution in [1.29, 1.82) is 0 Å². The molecule has 2 aromatic carbocycles. The summed E-state index contributed by atoms with van der Waals surface area (Å²) < 4.78 is 5.28. The van der Waals surface area contributed by atoms with Gasteiger partial charge in [0.2, 0.25) is 0 Å². The summed E-state index contributed by atoms with van der Waals surface area (Å²) in [5.41, 5.74) is 4.22. The van der Waals surface area contributed by atoms with Crippen molar-refractivity contribution in [2.75, 3.05) is 7.11 Å². The Morgan fingerprint density at radius 1 is 1.10 bits per heavy atom. The molecular formula is C18H20O2. The number of carbonyl (C=O) groups is 1. The molecule has 0 aromatic heterocycles. The van der Waals surface area contributed by atoms with Crippen molar-refractivity contribution in [3.8, 4) is 5.75 Å². The van der Waals surface area contributed by atoms with Gasteiger partial charge in [0, 0.05) is 6.42 Å². The van der Waals surface area contributed by atoms with Crippen LogP contribution in [0.4, 0.5) is 0 Å². The first kappa shape index (κ1) is 14.3. The quantitative estimate of drug-likeness (QED) is 0.762. The second kappa shape index (κ2) is 6.38. The zero-order chi connectivity index (χ0) is 14.5. The van der Waals surface area contributed by atoms with Gasteiger partial charge in [-0.1, -0.05) is 35.9 Å². The van der Waals surface area contributed by atoms with Crippen LogP contribution in [-0.2, 0) is 6.42 Å². The van der Waals surface area contributed by atoms with Crippen LogP contribution in [0.25, 0.3) is 0 Å². The molecule has 0 fully saturated rings. The maximum Gasteiger partial charge on any atom is 0.166 e. The van der Waals surface area contributed by atoms with Gasteiger partial charge in [-0.25, -0.2) is 0 Å². The van der Waals surface area contributed by atoms with Gasteiger partial charge in [-0.15, -0.1) is 0 Å². The molecule has 2 heteroatoms. The van der Waals surface area contributed by atoms with E-state index in [9.17, 15) is 4.79 Å². The van der Waals surface area contributed by atoms with Gasteiger partial charge >= 0.3 is 0 Å². The molecule has 0 unspecified atom stereocenters. The van der Waals surface area contributed by atoms with Crippen LogP contribution in [0, 0.1) is 13.8 Å². The predicted octanol–water partition coefficient (Wildman–Crippen LogP) is 4.13. The molecule has 0 amide bonds. The minimum absolute atomic E-state index is 0.133. The van der Waals surface area contributed by atoms with E-state index in [1.54, 1.807) is 7.11 Å². The highest BCUT2D eigenvalue weighted by Crippen LogP contribution is 2.22. The van der Waals surface area contributed by atoms with E-state index in [0.29, 0.717) is 17.7 Å². The molecule has 104 valence electrons. The summed E-state index contributed by atoms with van der Waals surface area (Å²) in [5.74, 6) is 0.791. The van der Waals surface area contributed by atoms with Crippen molar-refractivity contribution < 1.29 is 9.53 Å². The second-order valence-electron chi connectivity index (χ2n) is 5.05. The number of hydrogen-bond acceptors (Lipinski definition) is 2. The summed E-state index contributed by atoms with van der Waals surface area (Å²) in [5, 5.41) is 0. The Bertz CT molecular complexity index is 615. The summed E-state index contributed by atoms with van der Waals surface area (Å²) in [7, 11) is 1.60. The summed E-state index contributed by atoms with van der Waals surface area (Å²) in [6.45, 7) is 4.06. The van der Waals surface area contributed by atoms with Crippen LogP contribution in [0.15, 0.2) is 42.5 Å². The number of Topliss-reactive ketones (excluding diaryl/α,β-unsaturated/α-hetero) is 1. The molecule has 2 nitrogen and oxygen atoms in total. The fraction of sp³-hybridized carbons (Fsp3) is 0.278. The Hall–Kier alpha value is -2.09. The van der Waals surface area contributed by atoms with Crippen molar-refractivity contribution in [1.82, 2.24) is 0 Å². The Morgan fingerprint density at radius 3 is 2.55 bits per heavy atom. The minimum atomic E-state index is 0.133. The van der Waals surface area contributed by atoms with E-state index >= 15 is 0 Å². The lowest BCUT2D eigenvalue weighted by Crippen LogP contribution is -2.05. The standard InChI is InChI=1S/C18H20O2/c1-13-8-11-18(20-3)16(12-13)17(19)10-9-15-7-5-4-6-14(15)2/h4-8,11-12H,9-10H2,1-3H3. The van der Waals surface area contributed by atoms with Crippen molar-refractivity contribution in [3.05, 3.63) is 64.7 Å². The average molecular weight is 268 g/mol. The van der Waals surface area contributed by atoms with E-state index in [0.717, 1.165) is 12.0 Å². The van der Waals surface area contributed by atoms with Gasteiger partial charge < -0.3 is 4.74 Å². The SMILES string of the molecule is COc1ccc(C)cc1C(=O)CCc1ccccc1C. The predicted molar refractivity (Wildman–Crippen MR) is 81.6 cm³/mol. The van der Waals surface area contributed by atoms with Gasteiger partial charge in [-0.2, -0.15) is 0 Å². The van der Waals surface area contributed by atoms with E-state index < -0.39 is 0 Å². The Kier molecular flexibility index (Phi) is 4.57. The number of ketones is 1. The summed E-state index contributed by atoms with van der Waals surface area (Å²) >= 11 is 0. The molecule has 2 rings (SSSR count). The molecule has 0 bridgehead atoms. The zero-order valence-electron chi connectivity index (χ0n) is 12.3. The van der Waals surface area contributed by atoms with Crippen molar-refractivity contribution in [2.45, 2.75) is 26.7 Å². The van der Waals surface area contributed by atoms with Crippen LogP contribution < -0.4 is 4.74 Å². The van der Waals surface area contributed by atoms with Crippen LogP contribution in [0.1, 0.15) is 33.5 Å². The van der Waals surface area contributed by atoms with E-state index in [4.69, 9.17) is 4.74 Å². The molecule has 0 aliphatic heterocycles. The number of benzene rings is 2. The summed E-state index contributed by atoms with van der Waals surface area (Å²) in [6.07, 6.45) is 1.27. The number of hydrogen-bond donors (Lipinski definition) is 0. The largest absolute Gasteiger partial charge is 0.496 e. The topological polar surface area (TPSA) is 26.3 Å². The van der Waals surface area contributed by atoms with Crippen LogP contribution in [0.5, 0.6) is 5.75 Å². The Labute approximate surface area is 120 Å². The molecule has 0 aliphatic carbocycles. The second-order valence-corrected chi connectivity index (χ2v) is 5.05. The maximum absolute atomic E-state index is 12.4. The average Bonchev–Trinajstić information content (AvgIpc) is 2.46. The van der Waals surface area contributed by atoms with Crippen LogP contribution in [0.2, 0.25) is 0 Å². The van der Waals surface area contributed by atoms with E-state index in [-0.39, 0.29) is 5.78 Å². The first-order valence-corrected chi connectivity index (χ1v) is 6.84. The van der Waals surface area contributed by atoms with Gasteiger partial charge in [0.1, 0.15) is 5.75 Å². The maximum atomic E-state index is 12.4. The lowest BCUT2D eigenvalue weighted by Gasteiger charge is -2.09. The lowest BCUT2D eigenvalue weighted by atomic mass is 9.98. The van der Waals surface area contributed by atoms with Gasteiger partial charge in [-0.05, 0) is 43.5 Å². The molecule has 0 radical (unpaired) electrons. The van der Waals surface area contributed by atoms with E-state index in [1.807, 2.05) is 37.3 Å². The highest BCUT2D eigenvalue weighted by atomic mass is 16.5. The highest BCUT2D eigenvalue weighted by molar-refractivity contribution is 5.99. The van der Waals surface area contributed by atoms with Crippen molar-refractivity contribution in [3.63, 3.8) is 0 Å². The molecule has 0 saturated heterocycles. The van der Waals surface area contributed by atoms with Gasteiger partial charge in [0.05, 0.1) is 12.7 Å². The number of aryl methyl sites for hydroxylation is 3. The number of carbonyl (C=O) groups excluding carboxylic acids is 1. The molecular weight excluding hydrogens is 248 g/mol. The normalized spacial score (nSPS) is 10.3. The highest BCUT2D eigenvalue weighted by Gasteiger charge is 2.12. The zero-order valence-corrected chi connectivity index (χ0v) is 12.3. The van der Waals surface area contributed by atoms with Crippen molar-refractivity contribution >= 4 is 5.78 Å². The summed E-state index contributed by atoms with van der Waals surface area (Å²) in [6, 6.07) is 13.9. The van der Waals surface area contributed by atoms with E-state index in [1.165, 1.54) is 11.1 Å². The molecule has 2 aromatic rings.